The van der Waals surface area contributed by atoms with Crippen LogP contribution in [-0.4, -0.2) is 391 Å². The number of carbonyl (C=O) groups excluding carboxylic acids is 7. The lowest BCUT2D eigenvalue weighted by Gasteiger charge is -2.42. The molecule has 0 aromatic carbocycles. The van der Waals surface area contributed by atoms with E-state index in [1.54, 1.807) is 30.6 Å². The molecule has 0 saturated carbocycles. The fourth-order valence-corrected chi connectivity index (χ4v) is 11.7. The highest BCUT2D eigenvalue weighted by atomic mass is 31.2. The number of rotatable bonds is 57. The molecule has 0 aliphatic carbocycles. The van der Waals surface area contributed by atoms with Gasteiger partial charge >= 0.3 is 7.82 Å². The van der Waals surface area contributed by atoms with E-state index in [2.05, 4.69) is 37.2 Å². The maximum atomic E-state index is 13.4. The van der Waals surface area contributed by atoms with E-state index in [9.17, 15) is 89.0 Å². The molecule has 0 aromatic rings. The summed E-state index contributed by atoms with van der Waals surface area (Å²) < 4.78 is 89.4. The molecule has 0 bridgehead atoms. The van der Waals surface area contributed by atoms with Crippen molar-refractivity contribution in [2.45, 2.75) is 171 Å². The van der Waals surface area contributed by atoms with Crippen molar-refractivity contribution in [2.24, 2.45) is 0 Å². The summed E-state index contributed by atoms with van der Waals surface area (Å²) in [7, 11) is -4.24. The molecule has 16 unspecified atom stereocenters. The standard InChI is InChI=1S/C63H118N9O32P/c1-41(76)68-51-57(86)54(83)44(38-73)101-60(51)97-31-28-94-25-22-91-19-13-65-48(80)35-71(34-47(79)64-12-9-7-8-10-18-100-105(89,90)104-63(4,5)6)16-11-17-72(36-49(81)66-14-20-92-23-26-95-29-32-98-61-52(69-42(2)77)58(87)55(84)45(39-74)102-61)37-50(82)67-15-21-93-24-27-96-30-33-99-62-53(70-43(3)78)59(88)56(85)46(40-75)103-62/h44-46,51-62,73-75,83-88H,7-40H2,1-6H3,(H,64,79)(H,65,80)(H,66,81)(H,67,82)(H,68,76)(H,69,77)(H,70,78)(H,89,90). The SMILES string of the molecule is CC(=O)NC1C(OCCOCCOCCNC(=O)CN(CCCN(CC(=O)NCCOCCOCCOC2OC(CO)C(O)C(O)C2NC(C)=O)CC(=O)NCCOCCOCCOC2OC(CO)C(O)C(O)C2NC(C)=O)CC(=O)NCCCCCCOP(=O)(O)OC(C)(C)C)OC(CO)C(O)C1O. The third-order valence-corrected chi connectivity index (χ3v) is 16.8. The Morgan fingerprint density at radius 3 is 0.971 bits per heavy atom. The summed E-state index contributed by atoms with van der Waals surface area (Å²) in [6.45, 7) is 7.42. The molecule has 0 radical (unpaired) electrons. The molecule has 3 aliphatic heterocycles. The number of aliphatic hydroxyl groups is 9. The number of ether oxygens (including phenoxy) is 12. The number of hydrogen-bond donors (Lipinski definition) is 17. The fraction of sp³-hybridized carbons (Fsp3) is 0.889. The van der Waals surface area contributed by atoms with Crippen molar-refractivity contribution >= 4 is 49.2 Å². The van der Waals surface area contributed by atoms with E-state index >= 15 is 0 Å². The lowest BCUT2D eigenvalue weighted by atomic mass is 9.97. The third-order valence-electron chi connectivity index (χ3n) is 15.6. The number of amides is 7. The van der Waals surface area contributed by atoms with Crippen LogP contribution in [0.25, 0.3) is 0 Å². The minimum absolute atomic E-state index is 0.00803. The number of hydrogen-bond acceptors (Lipinski definition) is 33. The van der Waals surface area contributed by atoms with Crippen LogP contribution >= 0.6 is 7.82 Å². The predicted molar refractivity (Wildman–Crippen MR) is 363 cm³/mol. The highest BCUT2D eigenvalue weighted by molar-refractivity contribution is 7.47. The lowest BCUT2D eigenvalue weighted by Crippen LogP contribution is -2.64. The Balaban J connectivity index is 1.56. The first-order chi connectivity index (χ1) is 50.0. The highest BCUT2D eigenvalue weighted by Gasteiger charge is 2.48. The number of nitrogens with one attached hydrogen (secondary N) is 7. The predicted octanol–water partition coefficient (Wildman–Crippen LogP) is -8.08. The van der Waals surface area contributed by atoms with Crippen molar-refractivity contribution in [3.63, 3.8) is 0 Å². The number of nitrogens with zero attached hydrogens (tertiary/aromatic N) is 2. The zero-order valence-electron chi connectivity index (χ0n) is 61.0. The molecule has 16 atom stereocenters. The molecular weight excluding hydrogens is 1430 g/mol. The van der Waals surface area contributed by atoms with Gasteiger partial charge in [-0.15, -0.1) is 0 Å². The second kappa shape index (κ2) is 53.3. The van der Waals surface area contributed by atoms with E-state index in [-0.39, 0.29) is 183 Å². The fourth-order valence-electron chi connectivity index (χ4n) is 10.6. The van der Waals surface area contributed by atoms with Crippen LogP contribution in [0.15, 0.2) is 0 Å². The average molecular weight is 1540 g/mol. The van der Waals surface area contributed by atoms with Gasteiger partial charge in [-0.1, -0.05) is 12.8 Å². The van der Waals surface area contributed by atoms with Gasteiger partial charge in [0.1, 0.15) is 73.1 Å². The maximum absolute atomic E-state index is 13.4. The molecule has 612 valence electrons. The molecular formula is C63H118N9O32P. The minimum atomic E-state index is -4.24. The van der Waals surface area contributed by atoms with Crippen LogP contribution < -0.4 is 37.2 Å². The molecule has 3 heterocycles. The maximum Gasteiger partial charge on any atom is 0.472 e. The first kappa shape index (κ1) is 94.7. The average Bonchev–Trinajstić information content (AvgIpc) is 0.822. The molecule has 7 amide bonds. The van der Waals surface area contributed by atoms with Crippen molar-refractivity contribution in [3.8, 4) is 0 Å². The number of carbonyl (C=O) groups is 7. The van der Waals surface area contributed by atoms with Gasteiger partial charge in [-0.3, -0.25) is 52.4 Å². The van der Waals surface area contributed by atoms with Crippen LogP contribution in [0.2, 0.25) is 0 Å². The van der Waals surface area contributed by atoms with Crippen LogP contribution in [0.4, 0.5) is 0 Å². The molecule has 0 aromatic heterocycles. The van der Waals surface area contributed by atoms with E-state index in [0.29, 0.717) is 25.7 Å². The molecule has 41 nitrogen and oxygen atoms in total. The quantitative estimate of drug-likeness (QED) is 0.0199. The van der Waals surface area contributed by atoms with Gasteiger partial charge < -0.3 is 145 Å². The summed E-state index contributed by atoms with van der Waals surface area (Å²) in [4.78, 5) is 102. The Morgan fingerprint density at radius 2 is 0.676 bits per heavy atom. The van der Waals surface area contributed by atoms with Crippen LogP contribution in [0.3, 0.4) is 0 Å². The number of aliphatic hydroxyl groups excluding tert-OH is 9. The van der Waals surface area contributed by atoms with E-state index in [1.165, 1.54) is 20.8 Å². The zero-order valence-corrected chi connectivity index (χ0v) is 61.9. The summed E-state index contributed by atoms with van der Waals surface area (Å²) in [5.74, 6) is -3.27. The monoisotopic (exact) mass is 1540 g/mol. The molecule has 3 saturated heterocycles. The Morgan fingerprint density at radius 1 is 0.390 bits per heavy atom. The van der Waals surface area contributed by atoms with Gasteiger partial charge in [0.15, 0.2) is 18.9 Å². The number of phosphoric acid groups is 1. The molecule has 105 heavy (non-hydrogen) atoms. The largest absolute Gasteiger partial charge is 0.472 e. The summed E-state index contributed by atoms with van der Waals surface area (Å²) in [5.41, 5.74) is -0.885. The first-order valence-electron chi connectivity index (χ1n) is 35.2. The van der Waals surface area contributed by atoms with E-state index in [4.69, 9.17) is 65.9 Å². The Kier molecular flexibility index (Phi) is 48.1. The first-order valence-corrected chi connectivity index (χ1v) is 36.7. The smallest absolute Gasteiger partial charge is 0.394 e. The Labute approximate surface area is 611 Å². The Hall–Kier alpha value is -4.52. The van der Waals surface area contributed by atoms with Crippen molar-refractivity contribution in [1.82, 2.24) is 47.0 Å². The van der Waals surface area contributed by atoms with Gasteiger partial charge in [0.2, 0.25) is 41.4 Å². The van der Waals surface area contributed by atoms with E-state index in [1.807, 2.05) is 0 Å². The van der Waals surface area contributed by atoms with Crippen molar-refractivity contribution in [3.05, 3.63) is 0 Å². The van der Waals surface area contributed by atoms with Crippen LogP contribution in [0, 0.1) is 0 Å². The Bertz CT molecular complexity index is 2430. The van der Waals surface area contributed by atoms with Crippen molar-refractivity contribution < 1.29 is 155 Å². The molecule has 17 N–H and O–H groups in total. The molecule has 3 rings (SSSR count). The van der Waals surface area contributed by atoms with Crippen LogP contribution in [-0.2, 0) is 104 Å². The van der Waals surface area contributed by atoms with Gasteiger partial charge in [-0.25, -0.2) is 4.57 Å². The number of unbranched alkanes of at least 4 members (excludes halogenated alkanes) is 3. The third kappa shape index (κ3) is 40.7. The summed E-state index contributed by atoms with van der Waals surface area (Å²) in [6, 6.07) is -3.35. The number of phosphoric ester groups is 1. The normalized spacial score (nSPS) is 25.5. The summed E-state index contributed by atoms with van der Waals surface area (Å²) >= 11 is 0. The summed E-state index contributed by atoms with van der Waals surface area (Å²) in [6.07, 6.45) is -13.3. The van der Waals surface area contributed by atoms with Gasteiger partial charge in [-0.05, 0) is 40.0 Å². The second-order valence-electron chi connectivity index (χ2n) is 25.7. The molecule has 3 aliphatic rings. The van der Waals surface area contributed by atoms with Gasteiger partial charge in [0.05, 0.1) is 157 Å². The van der Waals surface area contributed by atoms with Gasteiger partial charge in [0.25, 0.3) is 0 Å². The molecule has 3 fully saturated rings. The van der Waals surface area contributed by atoms with Gasteiger partial charge in [-0.2, -0.15) is 0 Å². The second-order valence-corrected chi connectivity index (χ2v) is 27.1. The minimum Gasteiger partial charge on any atom is -0.394 e. The topological polar surface area (TPSA) is 559 Å². The van der Waals surface area contributed by atoms with Gasteiger partial charge in [0, 0.05) is 60.0 Å². The van der Waals surface area contributed by atoms with Crippen molar-refractivity contribution in [2.75, 3.05) is 191 Å². The lowest BCUT2D eigenvalue weighted by molar-refractivity contribution is -0.272. The summed E-state index contributed by atoms with van der Waals surface area (Å²) in [5, 5.41) is 109. The van der Waals surface area contributed by atoms with Crippen molar-refractivity contribution in [1.29, 1.82) is 0 Å². The van der Waals surface area contributed by atoms with Crippen LogP contribution in [0.1, 0.15) is 73.6 Å². The zero-order chi connectivity index (χ0) is 77.7. The van der Waals surface area contributed by atoms with E-state index < -0.39 is 161 Å². The highest BCUT2D eigenvalue weighted by Crippen LogP contribution is 2.47. The molecule has 0 spiro atoms. The van der Waals surface area contributed by atoms with Crippen LogP contribution in [0.5, 0.6) is 0 Å². The van der Waals surface area contributed by atoms with E-state index in [0.717, 1.165) is 0 Å². The molecule has 42 heteroatoms.